The molecule has 1 heterocycles. The van der Waals surface area contributed by atoms with Crippen LogP contribution in [0.5, 0.6) is 0 Å². The highest BCUT2D eigenvalue weighted by Gasteiger charge is 2.30. The van der Waals surface area contributed by atoms with E-state index in [2.05, 4.69) is 5.32 Å². The number of amides is 1. The molecule has 7 heteroatoms. The van der Waals surface area contributed by atoms with Crippen LogP contribution in [0.15, 0.2) is 24.3 Å². The molecule has 1 unspecified atom stereocenters. The van der Waals surface area contributed by atoms with E-state index < -0.39 is 21.0 Å². The summed E-state index contributed by atoms with van der Waals surface area (Å²) in [4.78, 5) is 11.4. The van der Waals surface area contributed by atoms with Crippen molar-refractivity contribution in [3.05, 3.63) is 35.4 Å². The van der Waals surface area contributed by atoms with Crippen molar-refractivity contribution in [1.29, 1.82) is 0 Å². The summed E-state index contributed by atoms with van der Waals surface area (Å²) >= 11 is 0. The maximum absolute atomic E-state index is 12.0. The van der Waals surface area contributed by atoms with Gasteiger partial charge in [-0.05, 0) is 17.7 Å². The molecule has 1 saturated heterocycles. The quantitative estimate of drug-likeness (QED) is 0.376. The van der Waals surface area contributed by atoms with Gasteiger partial charge in [-0.25, -0.2) is 14.3 Å². The van der Waals surface area contributed by atoms with Crippen LogP contribution < -0.4 is 16.6 Å². The number of carbonyl (C=O) groups is 1. The third-order valence-electron chi connectivity index (χ3n) is 2.98. The summed E-state index contributed by atoms with van der Waals surface area (Å²) < 4.78 is 23.9. The molecule has 0 spiro atoms. The van der Waals surface area contributed by atoms with Gasteiger partial charge in [0.2, 0.25) is 0 Å². The molecular formula is C11H15N3O3S. The molecule has 1 aliphatic heterocycles. The number of carbonyl (C=O) groups excluding carboxylic acids is 1. The predicted molar refractivity (Wildman–Crippen MR) is 67.5 cm³/mol. The van der Waals surface area contributed by atoms with E-state index in [9.17, 15) is 13.2 Å². The largest absolute Gasteiger partial charge is 0.314 e. The standard InChI is InChI=1S/C11H15N3O3S/c12-14-11(15)9-3-1-2-8(6-9)10-7-13-4-5-18(10,16)17/h1-3,6,10,13H,4-5,7,12H2,(H,14,15). The Morgan fingerprint density at radius 1 is 1.44 bits per heavy atom. The number of nitrogen functional groups attached to an aromatic ring is 1. The molecule has 6 nitrogen and oxygen atoms in total. The molecule has 0 saturated carbocycles. The highest BCUT2D eigenvalue weighted by molar-refractivity contribution is 7.91. The van der Waals surface area contributed by atoms with Crippen LogP contribution >= 0.6 is 0 Å². The minimum atomic E-state index is -3.15. The molecule has 0 aromatic heterocycles. The van der Waals surface area contributed by atoms with Gasteiger partial charge in [-0.3, -0.25) is 10.2 Å². The lowest BCUT2D eigenvalue weighted by atomic mass is 10.1. The zero-order valence-electron chi connectivity index (χ0n) is 9.72. The lowest BCUT2D eigenvalue weighted by Crippen LogP contribution is -2.38. The summed E-state index contributed by atoms with van der Waals surface area (Å²) in [6.07, 6.45) is 0. The molecule has 98 valence electrons. The average molecular weight is 269 g/mol. The molecule has 0 bridgehead atoms. The van der Waals surface area contributed by atoms with E-state index in [1.165, 1.54) is 0 Å². The summed E-state index contributed by atoms with van der Waals surface area (Å²) in [5.41, 5.74) is 3.00. The third-order valence-corrected chi connectivity index (χ3v) is 5.06. The Kier molecular flexibility index (Phi) is 3.65. The lowest BCUT2D eigenvalue weighted by molar-refractivity contribution is 0.0953. The van der Waals surface area contributed by atoms with Crippen LogP contribution in [0.4, 0.5) is 0 Å². The smallest absolute Gasteiger partial charge is 0.265 e. The fraction of sp³-hybridized carbons (Fsp3) is 0.364. The number of hydrazine groups is 1. The maximum Gasteiger partial charge on any atom is 0.265 e. The van der Waals surface area contributed by atoms with E-state index in [1.54, 1.807) is 24.3 Å². The molecule has 1 amide bonds. The fourth-order valence-electron chi connectivity index (χ4n) is 2.01. The first-order valence-electron chi connectivity index (χ1n) is 5.58. The summed E-state index contributed by atoms with van der Waals surface area (Å²) in [6.45, 7) is 0.845. The van der Waals surface area contributed by atoms with Gasteiger partial charge in [-0.2, -0.15) is 0 Å². The zero-order valence-corrected chi connectivity index (χ0v) is 10.5. The van der Waals surface area contributed by atoms with Crippen LogP contribution in [0.25, 0.3) is 0 Å². The van der Waals surface area contributed by atoms with Crippen molar-refractivity contribution in [2.24, 2.45) is 5.84 Å². The van der Waals surface area contributed by atoms with E-state index in [0.717, 1.165) is 0 Å². The van der Waals surface area contributed by atoms with Gasteiger partial charge in [0.1, 0.15) is 0 Å². The van der Waals surface area contributed by atoms with Crippen LogP contribution in [0.1, 0.15) is 21.2 Å². The summed E-state index contributed by atoms with van der Waals surface area (Å²) in [7, 11) is -3.15. The third kappa shape index (κ3) is 2.53. The number of nitrogens with one attached hydrogen (secondary N) is 2. The second-order valence-electron chi connectivity index (χ2n) is 4.16. The number of sulfone groups is 1. The summed E-state index contributed by atoms with van der Waals surface area (Å²) in [5.74, 6) is 4.74. The highest BCUT2D eigenvalue weighted by atomic mass is 32.2. The predicted octanol–water partition coefficient (Wildman–Crippen LogP) is -0.651. The van der Waals surface area contributed by atoms with Gasteiger partial charge >= 0.3 is 0 Å². The molecule has 1 aromatic rings. The van der Waals surface area contributed by atoms with E-state index >= 15 is 0 Å². The van der Waals surface area contributed by atoms with Gasteiger partial charge in [0.25, 0.3) is 5.91 Å². The van der Waals surface area contributed by atoms with Crippen LogP contribution in [-0.2, 0) is 9.84 Å². The molecule has 0 radical (unpaired) electrons. The Bertz CT molecular complexity index is 556. The minimum absolute atomic E-state index is 0.116. The number of hydrogen-bond donors (Lipinski definition) is 3. The Labute approximate surface area is 105 Å². The molecule has 1 atom stereocenters. The van der Waals surface area contributed by atoms with Gasteiger partial charge in [0, 0.05) is 18.7 Å². The Hall–Kier alpha value is -1.44. The SMILES string of the molecule is NNC(=O)c1cccc(C2CNCCS2(=O)=O)c1. The monoisotopic (exact) mass is 269 g/mol. The second kappa shape index (κ2) is 5.05. The summed E-state index contributed by atoms with van der Waals surface area (Å²) in [5, 5.41) is 2.45. The van der Waals surface area contributed by atoms with Crippen molar-refractivity contribution in [2.75, 3.05) is 18.8 Å². The Morgan fingerprint density at radius 2 is 2.22 bits per heavy atom. The van der Waals surface area contributed by atoms with E-state index in [1.807, 2.05) is 5.43 Å². The second-order valence-corrected chi connectivity index (χ2v) is 6.46. The van der Waals surface area contributed by atoms with Gasteiger partial charge in [0.05, 0.1) is 11.0 Å². The molecule has 4 N–H and O–H groups in total. The molecule has 0 aliphatic carbocycles. The van der Waals surface area contributed by atoms with Crippen LogP contribution in [-0.4, -0.2) is 33.2 Å². The fourth-order valence-corrected chi connectivity index (χ4v) is 3.65. The van der Waals surface area contributed by atoms with Crippen LogP contribution in [0, 0.1) is 0 Å². The number of nitrogens with two attached hydrogens (primary N) is 1. The minimum Gasteiger partial charge on any atom is -0.314 e. The first-order chi connectivity index (χ1) is 8.54. The van der Waals surface area contributed by atoms with E-state index in [-0.39, 0.29) is 5.75 Å². The molecule has 1 aromatic carbocycles. The zero-order chi connectivity index (χ0) is 13.2. The lowest BCUT2D eigenvalue weighted by Gasteiger charge is -2.23. The Morgan fingerprint density at radius 3 is 2.89 bits per heavy atom. The van der Waals surface area contributed by atoms with E-state index in [4.69, 9.17) is 5.84 Å². The van der Waals surface area contributed by atoms with Crippen molar-refractivity contribution in [3.63, 3.8) is 0 Å². The van der Waals surface area contributed by atoms with Crippen molar-refractivity contribution in [1.82, 2.24) is 10.7 Å². The first kappa shape index (κ1) is 13.0. The van der Waals surface area contributed by atoms with Crippen molar-refractivity contribution in [3.8, 4) is 0 Å². The van der Waals surface area contributed by atoms with E-state index in [0.29, 0.717) is 24.2 Å². The maximum atomic E-state index is 12.0. The van der Waals surface area contributed by atoms with Crippen molar-refractivity contribution < 1.29 is 13.2 Å². The van der Waals surface area contributed by atoms with Crippen LogP contribution in [0.2, 0.25) is 0 Å². The average Bonchev–Trinajstić information content (AvgIpc) is 2.37. The van der Waals surface area contributed by atoms with Crippen molar-refractivity contribution in [2.45, 2.75) is 5.25 Å². The first-order valence-corrected chi connectivity index (χ1v) is 7.29. The normalized spacial score (nSPS) is 22.4. The molecule has 1 fully saturated rings. The molecule has 1 aliphatic rings. The van der Waals surface area contributed by atoms with Crippen LogP contribution in [0.3, 0.4) is 0 Å². The van der Waals surface area contributed by atoms with Gasteiger partial charge in [-0.15, -0.1) is 0 Å². The molecule has 18 heavy (non-hydrogen) atoms. The number of benzene rings is 1. The van der Waals surface area contributed by atoms with Crippen molar-refractivity contribution >= 4 is 15.7 Å². The summed E-state index contributed by atoms with van der Waals surface area (Å²) in [6, 6.07) is 6.53. The molecular weight excluding hydrogens is 254 g/mol. The molecule has 2 rings (SSSR count). The topological polar surface area (TPSA) is 101 Å². The van der Waals surface area contributed by atoms with Gasteiger partial charge in [0.15, 0.2) is 9.84 Å². The van der Waals surface area contributed by atoms with Gasteiger partial charge in [-0.1, -0.05) is 12.1 Å². The number of rotatable bonds is 2. The highest BCUT2D eigenvalue weighted by Crippen LogP contribution is 2.25. The number of hydrogen-bond acceptors (Lipinski definition) is 5. The van der Waals surface area contributed by atoms with Gasteiger partial charge < -0.3 is 5.32 Å². The Balaban J connectivity index is 2.36.